The maximum atomic E-state index is 4.81. The molecule has 2 aromatic carbocycles. The van der Waals surface area contributed by atoms with Gasteiger partial charge >= 0.3 is 0 Å². The van der Waals surface area contributed by atoms with Gasteiger partial charge < -0.3 is 5.32 Å². The van der Waals surface area contributed by atoms with Crippen molar-refractivity contribution in [3.05, 3.63) is 78.1 Å². The quantitative estimate of drug-likeness (QED) is 0.688. The van der Waals surface area contributed by atoms with Crippen molar-refractivity contribution >= 4 is 22.2 Å². The number of rotatable bonds is 1. The highest BCUT2D eigenvalue weighted by Gasteiger charge is 2.21. The van der Waals surface area contributed by atoms with Crippen molar-refractivity contribution < 1.29 is 0 Å². The number of benzene rings is 2. The van der Waals surface area contributed by atoms with Crippen molar-refractivity contribution in [2.45, 2.75) is 12.8 Å². The number of para-hydroxylation sites is 2. The van der Waals surface area contributed by atoms with Gasteiger partial charge in [-0.15, -0.1) is 0 Å². The van der Waals surface area contributed by atoms with Crippen molar-refractivity contribution in [3.63, 3.8) is 0 Å². The average molecular weight is 272 g/mol. The van der Waals surface area contributed by atoms with Crippen LogP contribution in [0.3, 0.4) is 0 Å². The molecule has 2 heterocycles. The molecule has 4 rings (SSSR count). The van der Waals surface area contributed by atoms with Crippen LogP contribution < -0.4 is 5.32 Å². The minimum absolute atomic E-state index is 0.344. The second kappa shape index (κ2) is 4.74. The van der Waals surface area contributed by atoms with Gasteiger partial charge in [0.15, 0.2) is 0 Å². The lowest BCUT2D eigenvalue weighted by atomic mass is 9.87. The molecule has 0 saturated heterocycles. The summed E-state index contributed by atoms with van der Waals surface area (Å²) < 4.78 is 0. The van der Waals surface area contributed by atoms with Gasteiger partial charge in [-0.1, -0.05) is 49.4 Å². The molecule has 1 atom stereocenters. The van der Waals surface area contributed by atoms with Gasteiger partial charge in [-0.3, -0.25) is 0 Å². The monoisotopic (exact) mass is 272 g/mol. The summed E-state index contributed by atoms with van der Waals surface area (Å²) in [6.45, 7) is 2.24. The molecule has 21 heavy (non-hydrogen) atoms. The van der Waals surface area contributed by atoms with Gasteiger partial charge in [-0.05, 0) is 23.8 Å². The van der Waals surface area contributed by atoms with Crippen LogP contribution in [0, 0.1) is 0 Å². The molecule has 0 unspecified atom stereocenters. The number of anilines is 1. The Morgan fingerprint density at radius 1 is 0.905 bits per heavy atom. The van der Waals surface area contributed by atoms with E-state index >= 15 is 0 Å². The van der Waals surface area contributed by atoms with Gasteiger partial charge in [0.05, 0.1) is 11.2 Å². The normalized spacial score (nSPS) is 17.0. The minimum atomic E-state index is 0.344. The van der Waals surface area contributed by atoms with Gasteiger partial charge in [0.25, 0.3) is 0 Å². The highest BCUT2D eigenvalue weighted by atomic mass is 14.9. The Kier molecular flexibility index (Phi) is 2.74. The molecule has 0 fully saturated rings. The Labute approximate surface area is 124 Å². The van der Waals surface area contributed by atoms with Crippen LogP contribution in [0.15, 0.2) is 66.9 Å². The van der Waals surface area contributed by atoms with E-state index in [1.165, 1.54) is 22.2 Å². The number of pyridine rings is 1. The van der Waals surface area contributed by atoms with Gasteiger partial charge in [0.2, 0.25) is 0 Å². The first kappa shape index (κ1) is 12.2. The zero-order chi connectivity index (χ0) is 14.2. The third-order valence-corrected chi connectivity index (χ3v) is 4.17. The number of hydrogen-bond acceptors (Lipinski definition) is 2. The molecule has 1 aliphatic heterocycles. The summed E-state index contributed by atoms with van der Waals surface area (Å²) in [5.74, 6) is 0.344. The predicted molar refractivity (Wildman–Crippen MR) is 88.2 cm³/mol. The first-order valence-corrected chi connectivity index (χ1v) is 7.24. The number of aromatic nitrogens is 1. The summed E-state index contributed by atoms with van der Waals surface area (Å²) in [4.78, 5) is 4.81. The molecule has 0 amide bonds. The SMILES string of the molecule is C[C@@H]1C(c2ccc3ccccc3n2)=CNc2ccccc21. The predicted octanol–water partition coefficient (Wildman–Crippen LogP) is 4.80. The molecular formula is C19H16N2. The Hall–Kier alpha value is -2.61. The zero-order valence-electron chi connectivity index (χ0n) is 11.9. The van der Waals surface area contributed by atoms with Crippen LogP contribution in [0.4, 0.5) is 5.69 Å². The number of hydrogen-bond donors (Lipinski definition) is 1. The maximum absolute atomic E-state index is 4.81. The first-order valence-electron chi connectivity index (χ1n) is 7.24. The molecule has 2 nitrogen and oxygen atoms in total. The fourth-order valence-corrected chi connectivity index (χ4v) is 2.98. The Balaban J connectivity index is 1.81. The molecule has 1 aliphatic rings. The van der Waals surface area contributed by atoms with Crippen LogP contribution in [0.25, 0.3) is 16.5 Å². The molecular weight excluding hydrogens is 256 g/mol. The van der Waals surface area contributed by atoms with Gasteiger partial charge in [0, 0.05) is 28.8 Å². The third-order valence-electron chi connectivity index (χ3n) is 4.17. The van der Waals surface area contributed by atoms with E-state index in [4.69, 9.17) is 4.98 Å². The standard InChI is InChI=1S/C19H16N2/c1-13-15-7-3-5-9-18(15)20-12-16(13)19-11-10-14-6-2-4-8-17(14)21-19/h2-13,20H,1H3/t13-/m0/s1. The summed E-state index contributed by atoms with van der Waals surface area (Å²) in [7, 11) is 0. The van der Waals surface area contributed by atoms with Crippen LogP contribution in [-0.4, -0.2) is 4.98 Å². The molecule has 1 aromatic heterocycles. The fraction of sp³-hybridized carbons (Fsp3) is 0.105. The smallest absolute Gasteiger partial charge is 0.0709 e. The van der Waals surface area contributed by atoms with E-state index < -0.39 is 0 Å². The molecule has 0 bridgehead atoms. The molecule has 1 N–H and O–H groups in total. The summed E-state index contributed by atoms with van der Waals surface area (Å²) in [6, 6.07) is 20.9. The zero-order valence-corrected chi connectivity index (χ0v) is 11.9. The van der Waals surface area contributed by atoms with Crippen molar-refractivity contribution in [2.24, 2.45) is 0 Å². The lowest BCUT2D eigenvalue weighted by Gasteiger charge is -2.24. The van der Waals surface area contributed by atoms with E-state index in [-0.39, 0.29) is 0 Å². The van der Waals surface area contributed by atoms with Crippen LogP contribution in [0.5, 0.6) is 0 Å². The van der Waals surface area contributed by atoms with Gasteiger partial charge in [-0.25, -0.2) is 4.98 Å². The van der Waals surface area contributed by atoms with Crippen LogP contribution in [-0.2, 0) is 0 Å². The van der Waals surface area contributed by atoms with Crippen LogP contribution >= 0.6 is 0 Å². The van der Waals surface area contributed by atoms with Crippen molar-refractivity contribution in [1.29, 1.82) is 0 Å². The van der Waals surface area contributed by atoms with Crippen LogP contribution in [0.2, 0.25) is 0 Å². The minimum Gasteiger partial charge on any atom is -0.361 e. The Morgan fingerprint density at radius 3 is 2.67 bits per heavy atom. The number of allylic oxidation sites excluding steroid dienone is 1. The van der Waals surface area contributed by atoms with Crippen molar-refractivity contribution in [1.82, 2.24) is 4.98 Å². The van der Waals surface area contributed by atoms with E-state index in [0.29, 0.717) is 5.92 Å². The van der Waals surface area contributed by atoms with E-state index in [2.05, 4.69) is 67.0 Å². The largest absolute Gasteiger partial charge is 0.361 e. The van der Waals surface area contributed by atoms with Crippen molar-refractivity contribution in [3.8, 4) is 0 Å². The highest BCUT2D eigenvalue weighted by molar-refractivity contribution is 5.84. The van der Waals surface area contributed by atoms with Crippen molar-refractivity contribution in [2.75, 3.05) is 5.32 Å². The molecule has 0 spiro atoms. The lowest BCUT2D eigenvalue weighted by Crippen LogP contribution is -2.10. The lowest BCUT2D eigenvalue weighted by molar-refractivity contribution is 0.967. The van der Waals surface area contributed by atoms with E-state index in [1.807, 2.05) is 12.1 Å². The maximum Gasteiger partial charge on any atom is 0.0709 e. The fourth-order valence-electron chi connectivity index (χ4n) is 2.98. The molecule has 0 saturated carbocycles. The van der Waals surface area contributed by atoms with Gasteiger partial charge in [-0.2, -0.15) is 0 Å². The molecule has 102 valence electrons. The van der Waals surface area contributed by atoms with E-state index in [1.54, 1.807) is 0 Å². The second-order valence-corrected chi connectivity index (χ2v) is 5.44. The first-order chi connectivity index (χ1) is 10.3. The third kappa shape index (κ3) is 2.00. The highest BCUT2D eigenvalue weighted by Crippen LogP contribution is 2.38. The summed E-state index contributed by atoms with van der Waals surface area (Å²) in [6.07, 6.45) is 2.09. The molecule has 0 radical (unpaired) electrons. The molecule has 2 heteroatoms. The Bertz CT molecular complexity index is 849. The number of nitrogens with zero attached hydrogens (tertiary/aromatic N) is 1. The second-order valence-electron chi connectivity index (χ2n) is 5.44. The number of fused-ring (bicyclic) bond motifs is 2. The Morgan fingerprint density at radius 2 is 1.71 bits per heavy atom. The van der Waals surface area contributed by atoms with E-state index in [9.17, 15) is 0 Å². The number of nitrogens with one attached hydrogen (secondary N) is 1. The summed E-state index contributed by atoms with van der Waals surface area (Å²) in [5, 5.41) is 4.57. The average Bonchev–Trinajstić information content (AvgIpc) is 2.55. The van der Waals surface area contributed by atoms with E-state index in [0.717, 1.165) is 11.2 Å². The topological polar surface area (TPSA) is 24.9 Å². The molecule has 3 aromatic rings. The summed E-state index contributed by atoms with van der Waals surface area (Å²) >= 11 is 0. The summed E-state index contributed by atoms with van der Waals surface area (Å²) in [5.41, 5.74) is 5.84. The molecule has 0 aliphatic carbocycles. The van der Waals surface area contributed by atoms with Crippen LogP contribution in [0.1, 0.15) is 24.1 Å². The van der Waals surface area contributed by atoms with Gasteiger partial charge in [0.1, 0.15) is 0 Å².